The van der Waals surface area contributed by atoms with Gasteiger partial charge in [0.05, 0.1) is 11.3 Å². The van der Waals surface area contributed by atoms with Crippen molar-refractivity contribution >= 4 is 22.4 Å². The average Bonchev–Trinajstić information content (AvgIpc) is 2.76. The molecular weight excluding hydrogens is 276 g/mol. The third-order valence-electron chi connectivity index (χ3n) is 3.70. The first-order chi connectivity index (χ1) is 9.21. The molecule has 6 heteroatoms. The van der Waals surface area contributed by atoms with Crippen LogP contribution in [0.1, 0.15) is 46.2 Å². The number of carboxylic acids is 1. The summed E-state index contributed by atoms with van der Waals surface area (Å²) in [6.45, 7) is 8.25. The Labute approximate surface area is 123 Å². The zero-order valence-corrected chi connectivity index (χ0v) is 13.2. The molecule has 0 aromatic carbocycles. The van der Waals surface area contributed by atoms with E-state index < -0.39 is 11.4 Å². The molecule has 0 bridgehead atoms. The largest absolute Gasteiger partial charge is 0.481 e. The van der Waals surface area contributed by atoms with Crippen molar-refractivity contribution in [2.75, 3.05) is 11.9 Å². The van der Waals surface area contributed by atoms with Gasteiger partial charge in [0, 0.05) is 18.0 Å². The summed E-state index contributed by atoms with van der Waals surface area (Å²) in [7, 11) is 0. The highest BCUT2D eigenvalue weighted by Crippen LogP contribution is 2.30. The van der Waals surface area contributed by atoms with E-state index in [-0.39, 0.29) is 5.60 Å². The molecule has 1 aliphatic heterocycles. The first-order valence-electron chi connectivity index (χ1n) is 6.80. The van der Waals surface area contributed by atoms with Crippen LogP contribution in [0.25, 0.3) is 0 Å². The van der Waals surface area contributed by atoms with Gasteiger partial charge in [-0.2, -0.15) is 0 Å². The molecule has 2 rings (SSSR count). The molecule has 1 aliphatic rings. The zero-order chi connectivity index (χ0) is 15.0. The summed E-state index contributed by atoms with van der Waals surface area (Å²) < 4.78 is 5.69. The van der Waals surface area contributed by atoms with Gasteiger partial charge in [-0.25, -0.2) is 4.98 Å². The molecule has 20 heavy (non-hydrogen) atoms. The molecule has 112 valence electrons. The molecule has 0 spiro atoms. The Morgan fingerprint density at radius 2 is 2.30 bits per heavy atom. The topological polar surface area (TPSA) is 71.5 Å². The number of carboxylic acid groups (broad SMARTS) is 1. The molecular formula is C14H22N2O3S. The monoisotopic (exact) mass is 298 g/mol. The molecule has 0 saturated carbocycles. The summed E-state index contributed by atoms with van der Waals surface area (Å²) >= 11 is 1.46. The standard InChI is InChI=1S/C14H22N2O3S/c1-13(2)7-9(5-6-19-13)15-12-16-10(8-20-12)14(3,4)11(17)18/h8-9H,5-7H2,1-4H3,(H,15,16)(H,17,18). The number of ether oxygens (including phenoxy) is 1. The molecule has 1 unspecified atom stereocenters. The van der Waals surface area contributed by atoms with Gasteiger partial charge in [-0.3, -0.25) is 4.79 Å². The fraction of sp³-hybridized carbons (Fsp3) is 0.714. The molecule has 0 aliphatic carbocycles. The van der Waals surface area contributed by atoms with Crippen molar-refractivity contribution < 1.29 is 14.6 Å². The van der Waals surface area contributed by atoms with Gasteiger partial charge in [-0.1, -0.05) is 0 Å². The third kappa shape index (κ3) is 3.30. The van der Waals surface area contributed by atoms with Crippen LogP contribution in [0.3, 0.4) is 0 Å². The summed E-state index contributed by atoms with van der Waals surface area (Å²) in [6.07, 6.45) is 1.87. The van der Waals surface area contributed by atoms with E-state index in [0.29, 0.717) is 11.7 Å². The number of hydrogen-bond acceptors (Lipinski definition) is 5. The van der Waals surface area contributed by atoms with Gasteiger partial charge in [-0.15, -0.1) is 11.3 Å². The Morgan fingerprint density at radius 3 is 2.90 bits per heavy atom. The number of carbonyl (C=O) groups is 1. The molecule has 2 heterocycles. The minimum atomic E-state index is -0.953. The SMILES string of the molecule is CC1(C)CC(Nc2nc(C(C)(C)C(=O)O)cs2)CCO1. The molecule has 0 radical (unpaired) electrons. The molecule has 1 aromatic heterocycles. The minimum Gasteiger partial charge on any atom is -0.481 e. The Morgan fingerprint density at radius 1 is 1.60 bits per heavy atom. The fourth-order valence-corrected chi connectivity index (χ4v) is 3.22. The maximum Gasteiger partial charge on any atom is 0.315 e. The maximum atomic E-state index is 11.2. The predicted octanol–water partition coefficient (Wildman–Crippen LogP) is 2.87. The summed E-state index contributed by atoms with van der Waals surface area (Å²) in [6, 6.07) is 0.325. The van der Waals surface area contributed by atoms with Crippen LogP contribution in [-0.4, -0.2) is 34.3 Å². The van der Waals surface area contributed by atoms with Crippen LogP contribution in [0.2, 0.25) is 0 Å². The van der Waals surface area contributed by atoms with Crippen LogP contribution < -0.4 is 5.32 Å². The smallest absolute Gasteiger partial charge is 0.315 e. The molecule has 5 nitrogen and oxygen atoms in total. The summed E-state index contributed by atoms with van der Waals surface area (Å²) in [5, 5.41) is 15.2. The first kappa shape index (κ1) is 15.3. The maximum absolute atomic E-state index is 11.2. The summed E-state index contributed by atoms with van der Waals surface area (Å²) in [5.74, 6) is -0.860. The van der Waals surface area contributed by atoms with Crippen LogP contribution >= 0.6 is 11.3 Å². The van der Waals surface area contributed by atoms with Gasteiger partial charge in [0.1, 0.15) is 5.41 Å². The van der Waals surface area contributed by atoms with Crippen molar-refractivity contribution in [1.29, 1.82) is 0 Å². The Balaban J connectivity index is 2.05. The number of nitrogens with zero attached hydrogens (tertiary/aromatic N) is 1. The van der Waals surface area contributed by atoms with E-state index in [1.807, 2.05) is 5.38 Å². The molecule has 1 atom stereocenters. The van der Waals surface area contributed by atoms with Gasteiger partial charge in [0.2, 0.25) is 0 Å². The lowest BCUT2D eigenvalue weighted by Crippen LogP contribution is -2.40. The lowest BCUT2D eigenvalue weighted by atomic mass is 9.90. The summed E-state index contributed by atoms with van der Waals surface area (Å²) in [5.41, 5.74) is -0.467. The Kier molecular flexibility index (Phi) is 4.07. The second-order valence-corrected chi connectivity index (χ2v) is 7.27. The zero-order valence-electron chi connectivity index (χ0n) is 12.4. The van der Waals surface area contributed by atoms with E-state index >= 15 is 0 Å². The molecule has 2 N–H and O–H groups in total. The number of nitrogens with one attached hydrogen (secondary N) is 1. The number of hydrogen-bond donors (Lipinski definition) is 2. The van der Waals surface area contributed by atoms with Gasteiger partial charge >= 0.3 is 5.97 Å². The van der Waals surface area contributed by atoms with E-state index in [0.717, 1.165) is 24.6 Å². The molecule has 1 saturated heterocycles. The first-order valence-corrected chi connectivity index (χ1v) is 7.68. The van der Waals surface area contributed by atoms with Crippen LogP contribution in [0, 0.1) is 0 Å². The highest BCUT2D eigenvalue weighted by atomic mass is 32.1. The van der Waals surface area contributed by atoms with Gasteiger partial charge < -0.3 is 15.2 Å². The average molecular weight is 298 g/mol. The number of aliphatic carboxylic acids is 1. The Bertz CT molecular complexity index is 496. The fourth-order valence-electron chi connectivity index (χ4n) is 2.27. The minimum absolute atomic E-state index is 0.115. The van der Waals surface area contributed by atoms with Crippen LogP contribution in [0.15, 0.2) is 5.38 Å². The molecule has 0 amide bonds. The Hall–Kier alpha value is -1.14. The van der Waals surface area contributed by atoms with Gasteiger partial charge in [-0.05, 0) is 40.5 Å². The van der Waals surface area contributed by atoms with Crippen molar-refractivity contribution in [3.05, 3.63) is 11.1 Å². The van der Waals surface area contributed by atoms with E-state index in [4.69, 9.17) is 4.74 Å². The van der Waals surface area contributed by atoms with E-state index in [1.54, 1.807) is 13.8 Å². The highest BCUT2D eigenvalue weighted by molar-refractivity contribution is 7.13. The quantitative estimate of drug-likeness (QED) is 0.894. The van der Waals surface area contributed by atoms with Gasteiger partial charge in [0.15, 0.2) is 5.13 Å². The van der Waals surface area contributed by atoms with Crippen LogP contribution in [0.5, 0.6) is 0 Å². The molecule has 1 aromatic rings. The van der Waals surface area contributed by atoms with E-state index in [1.165, 1.54) is 11.3 Å². The van der Waals surface area contributed by atoms with Crippen molar-refractivity contribution in [3.8, 4) is 0 Å². The highest BCUT2D eigenvalue weighted by Gasteiger charge is 2.33. The van der Waals surface area contributed by atoms with Crippen LogP contribution in [-0.2, 0) is 14.9 Å². The number of rotatable bonds is 4. The van der Waals surface area contributed by atoms with Crippen molar-refractivity contribution in [1.82, 2.24) is 4.98 Å². The van der Waals surface area contributed by atoms with Crippen LogP contribution in [0.4, 0.5) is 5.13 Å². The number of anilines is 1. The normalized spacial score (nSPS) is 22.5. The lowest BCUT2D eigenvalue weighted by Gasteiger charge is -2.35. The van der Waals surface area contributed by atoms with Crippen molar-refractivity contribution in [2.45, 2.75) is 57.6 Å². The van der Waals surface area contributed by atoms with Crippen molar-refractivity contribution in [3.63, 3.8) is 0 Å². The second kappa shape index (κ2) is 5.33. The predicted molar refractivity (Wildman–Crippen MR) is 79.5 cm³/mol. The lowest BCUT2D eigenvalue weighted by molar-refractivity contribution is -0.142. The second-order valence-electron chi connectivity index (χ2n) is 6.41. The van der Waals surface area contributed by atoms with E-state index in [2.05, 4.69) is 24.1 Å². The number of thiazole rings is 1. The van der Waals surface area contributed by atoms with E-state index in [9.17, 15) is 9.90 Å². The van der Waals surface area contributed by atoms with Crippen molar-refractivity contribution in [2.24, 2.45) is 0 Å². The van der Waals surface area contributed by atoms with Gasteiger partial charge in [0.25, 0.3) is 0 Å². The number of aromatic nitrogens is 1. The summed E-state index contributed by atoms with van der Waals surface area (Å²) in [4.78, 5) is 15.7. The third-order valence-corrected chi connectivity index (χ3v) is 4.48. The molecule has 1 fully saturated rings.